The lowest BCUT2D eigenvalue weighted by atomic mass is 10.1. The molecule has 9 heteroatoms. The Hall–Kier alpha value is -2.62. The fraction of sp³-hybridized carbons (Fsp3) is 0.300. The maximum absolute atomic E-state index is 13.9. The summed E-state index contributed by atoms with van der Waals surface area (Å²) in [6.07, 6.45) is 0. The number of halogens is 1. The zero-order chi connectivity index (χ0) is 20.6. The lowest BCUT2D eigenvalue weighted by molar-refractivity contribution is 0.0628. The summed E-state index contributed by atoms with van der Waals surface area (Å²) in [5.74, 6) is -1.36. The van der Waals surface area contributed by atoms with Crippen LogP contribution in [0.1, 0.15) is 20.7 Å². The van der Waals surface area contributed by atoms with E-state index in [1.165, 1.54) is 27.4 Å². The molecule has 152 valence electrons. The van der Waals surface area contributed by atoms with Crippen molar-refractivity contribution in [3.63, 3.8) is 0 Å². The number of fused-ring (bicyclic) bond motifs is 1. The van der Waals surface area contributed by atoms with Gasteiger partial charge in [0.05, 0.1) is 11.1 Å². The molecule has 0 bridgehead atoms. The van der Waals surface area contributed by atoms with Gasteiger partial charge in [0.1, 0.15) is 10.7 Å². The summed E-state index contributed by atoms with van der Waals surface area (Å²) in [6, 6.07) is 12.1. The third-order valence-electron chi connectivity index (χ3n) is 5.30. The minimum atomic E-state index is -3.89. The normalized spacial score (nSPS) is 18.3. The average molecular weight is 417 g/mol. The Morgan fingerprint density at radius 2 is 1.34 bits per heavy atom. The van der Waals surface area contributed by atoms with Gasteiger partial charge in [0.2, 0.25) is 10.0 Å². The first-order valence-corrected chi connectivity index (χ1v) is 10.8. The minimum absolute atomic E-state index is 0.221. The quantitative estimate of drug-likeness (QED) is 0.688. The largest absolute Gasteiger partial charge is 0.299 e. The number of hydrogen-bond donors (Lipinski definition) is 0. The highest BCUT2D eigenvalue weighted by atomic mass is 32.2. The Balaban J connectivity index is 1.35. The molecule has 29 heavy (non-hydrogen) atoms. The Morgan fingerprint density at radius 3 is 1.93 bits per heavy atom. The van der Waals surface area contributed by atoms with Crippen molar-refractivity contribution in [2.75, 3.05) is 39.3 Å². The van der Waals surface area contributed by atoms with Crippen molar-refractivity contribution in [3.8, 4) is 0 Å². The molecule has 0 aliphatic carbocycles. The summed E-state index contributed by atoms with van der Waals surface area (Å²) in [6.45, 7) is 2.02. The maximum Gasteiger partial charge on any atom is 0.261 e. The average Bonchev–Trinajstić information content (AvgIpc) is 2.97. The highest BCUT2D eigenvalue weighted by Gasteiger charge is 2.36. The molecule has 2 amide bonds. The van der Waals surface area contributed by atoms with Crippen molar-refractivity contribution >= 4 is 21.8 Å². The zero-order valence-corrected chi connectivity index (χ0v) is 16.4. The predicted octanol–water partition coefficient (Wildman–Crippen LogP) is 1.43. The van der Waals surface area contributed by atoms with Gasteiger partial charge in [-0.15, -0.1) is 0 Å². The second kappa shape index (κ2) is 7.66. The van der Waals surface area contributed by atoms with Gasteiger partial charge in [-0.2, -0.15) is 4.31 Å². The van der Waals surface area contributed by atoms with Gasteiger partial charge in [-0.3, -0.25) is 19.4 Å². The first-order valence-electron chi connectivity index (χ1n) is 9.32. The number of benzene rings is 2. The molecule has 1 saturated heterocycles. The van der Waals surface area contributed by atoms with Crippen LogP contribution in [0.25, 0.3) is 0 Å². The number of rotatable bonds is 5. The van der Waals surface area contributed by atoms with Crippen molar-refractivity contribution in [1.29, 1.82) is 0 Å². The van der Waals surface area contributed by atoms with Crippen LogP contribution < -0.4 is 0 Å². The molecule has 2 aliphatic rings. The van der Waals surface area contributed by atoms with Crippen LogP contribution in [-0.4, -0.2) is 73.6 Å². The molecule has 0 atom stereocenters. The van der Waals surface area contributed by atoms with E-state index in [4.69, 9.17) is 0 Å². The van der Waals surface area contributed by atoms with Crippen LogP contribution >= 0.6 is 0 Å². The van der Waals surface area contributed by atoms with E-state index in [0.29, 0.717) is 30.8 Å². The molecule has 2 aliphatic heterocycles. The van der Waals surface area contributed by atoms with E-state index >= 15 is 0 Å². The van der Waals surface area contributed by atoms with Crippen LogP contribution in [0.15, 0.2) is 53.4 Å². The third-order valence-corrected chi connectivity index (χ3v) is 7.24. The molecular formula is C20H20FN3O4S. The van der Waals surface area contributed by atoms with Gasteiger partial charge in [0.25, 0.3) is 11.8 Å². The number of carbonyl (C=O) groups excluding carboxylic acids is 2. The van der Waals surface area contributed by atoms with Gasteiger partial charge in [-0.1, -0.05) is 24.3 Å². The van der Waals surface area contributed by atoms with Crippen molar-refractivity contribution in [1.82, 2.24) is 14.1 Å². The van der Waals surface area contributed by atoms with Gasteiger partial charge in [-0.25, -0.2) is 12.8 Å². The monoisotopic (exact) mass is 417 g/mol. The van der Waals surface area contributed by atoms with Crippen molar-refractivity contribution in [3.05, 3.63) is 65.5 Å². The van der Waals surface area contributed by atoms with E-state index in [9.17, 15) is 22.4 Å². The number of sulfonamides is 1. The van der Waals surface area contributed by atoms with E-state index in [0.717, 1.165) is 6.07 Å². The lowest BCUT2D eigenvalue weighted by Gasteiger charge is -2.34. The minimum Gasteiger partial charge on any atom is -0.299 e. The molecule has 2 aromatic rings. The van der Waals surface area contributed by atoms with Crippen LogP contribution in [0, 0.1) is 5.82 Å². The van der Waals surface area contributed by atoms with E-state index in [2.05, 4.69) is 0 Å². The molecular weight excluding hydrogens is 397 g/mol. The highest BCUT2D eigenvalue weighted by Crippen LogP contribution is 2.23. The van der Waals surface area contributed by atoms with Gasteiger partial charge in [0, 0.05) is 39.3 Å². The maximum atomic E-state index is 13.9. The number of carbonyl (C=O) groups is 2. The van der Waals surface area contributed by atoms with E-state index < -0.39 is 15.8 Å². The van der Waals surface area contributed by atoms with E-state index in [1.807, 2.05) is 4.90 Å². The first kappa shape index (κ1) is 19.7. The summed E-state index contributed by atoms with van der Waals surface area (Å²) in [5.41, 5.74) is 0.830. The van der Waals surface area contributed by atoms with Gasteiger partial charge in [-0.05, 0) is 24.3 Å². The molecule has 0 saturated carbocycles. The van der Waals surface area contributed by atoms with Gasteiger partial charge in [0.15, 0.2) is 0 Å². The second-order valence-electron chi connectivity index (χ2n) is 6.98. The lowest BCUT2D eigenvalue weighted by Crippen LogP contribution is -2.50. The van der Waals surface area contributed by atoms with Gasteiger partial charge >= 0.3 is 0 Å². The second-order valence-corrected chi connectivity index (χ2v) is 8.89. The van der Waals surface area contributed by atoms with Crippen molar-refractivity contribution in [2.45, 2.75) is 4.90 Å². The Bertz CT molecular complexity index is 1030. The van der Waals surface area contributed by atoms with Crippen LogP contribution in [0.2, 0.25) is 0 Å². The fourth-order valence-corrected chi connectivity index (χ4v) is 5.16. The van der Waals surface area contributed by atoms with E-state index in [-0.39, 0.29) is 36.3 Å². The fourth-order valence-electron chi connectivity index (χ4n) is 3.67. The number of imide groups is 1. The third kappa shape index (κ3) is 3.57. The summed E-state index contributed by atoms with van der Waals surface area (Å²) in [7, 11) is -3.89. The Morgan fingerprint density at radius 1 is 0.793 bits per heavy atom. The number of nitrogens with zero attached hydrogens (tertiary/aromatic N) is 3. The number of piperazine rings is 1. The molecule has 2 aromatic carbocycles. The zero-order valence-electron chi connectivity index (χ0n) is 15.6. The molecule has 0 N–H and O–H groups in total. The number of amides is 2. The summed E-state index contributed by atoms with van der Waals surface area (Å²) >= 11 is 0. The molecule has 0 spiro atoms. The summed E-state index contributed by atoms with van der Waals surface area (Å²) in [4.78, 5) is 27.7. The van der Waals surface area contributed by atoms with Gasteiger partial charge < -0.3 is 0 Å². The topological polar surface area (TPSA) is 78.0 Å². The molecule has 4 rings (SSSR count). The molecule has 0 radical (unpaired) electrons. The predicted molar refractivity (Wildman–Crippen MR) is 103 cm³/mol. The summed E-state index contributed by atoms with van der Waals surface area (Å²) in [5, 5.41) is 0. The molecule has 1 fully saturated rings. The van der Waals surface area contributed by atoms with Crippen LogP contribution in [0.3, 0.4) is 0 Å². The summed E-state index contributed by atoms with van der Waals surface area (Å²) < 4.78 is 40.5. The molecule has 0 aromatic heterocycles. The van der Waals surface area contributed by atoms with Crippen LogP contribution in [0.4, 0.5) is 4.39 Å². The van der Waals surface area contributed by atoms with E-state index in [1.54, 1.807) is 24.3 Å². The highest BCUT2D eigenvalue weighted by molar-refractivity contribution is 7.89. The molecule has 0 unspecified atom stereocenters. The number of hydrogen-bond acceptors (Lipinski definition) is 5. The Labute approximate surface area is 168 Å². The van der Waals surface area contributed by atoms with Crippen LogP contribution in [0.5, 0.6) is 0 Å². The molecule has 2 heterocycles. The van der Waals surface area contributed by atoms with Crippen molar-refractivity contribution in [2.24, 2.45) is 0 Å². The SMILES string of the molecule is O=C1c2ccccc2C(=O)N1CCN1CCN(S(=O)(=O)c2ccccc2F)CC1. The smallest absolute Gasteiger partial charge is 0.261 e. The standard InChI is InChI=1S/C20H20FN3O4S/c21-17-7-3-4-8-18(17)29(27,28)23-12-9-22(10-13-23)11-14-24-19(25)15-5-1-2-6-16(15)20(24)26/h1-8H,9-14H2. The van der Waals surface area contributed by atoms with Crippen molar-refractivity contribution < 1.29 is 22.4 Å². The van der Waals surface area contributed by atoms with Crippen LogP contribution in [-0.2, 0) is 10.0 Å². The molecule has 7 nitrogen and oxygen atoms in total. The Kier molecular flexibility index (Phi) is 5.20. The first-order chi connectivity index (χ1) is 13.9.